The highest BCUT2D eigenvalue weighted by atomic mass is 16.5. The van der Waals surface area contributed by atoms with Crippen LogP contribution in [0.1, 0.15) is 55.7 Å². The summed E-state index contributed by atoms with van der Waals surface area (Å²) < 4.78 is 5.06. The van der Waals surface area contributed by atoms with Crippen molar-refractivity contribution in [1.82, 2.24) is 10.5 Å². The normalized spacial score (nSPS) is 12.2. The number of carbonyl (C=O) groups is 2. The Balaban J connectivity index is 2.38. The number of hydrogen-bond donors (Lipinski definition) is 2. The number of carboxylic acids is 1. The van der Waals surface area contributed by atoms with Gasteiger partial charge >= 0.3 is 5.97 Å². The van der Waals surface area contributed by atoms with Gasteiger partial charge in [-0.1, -0.05) is 5.16 Å². The van der Waals surface area contributed by atoms with Gasteiger partial charge in [0.2, 0.25) is 5.91 Å². The number of nitrogens with one attached hydrogen (secondary N) is 1. The van der Waals surface area contributed by atoms with Crippen molar-refractivity contribution < 1.29 is 19.2 Å². The average Bonchev–Trinajstić information content (AvgIpc) is 2.64. The second-order valence-electron chi connectivity index (χ2n) is 4.63. The van der Waals surface area contributed by atoms with Gasteiger partial charge in [-0.3, -0.25) is 9.59 Å². The van der Waals surface area contributed by atoms with E-state index in [9.17, 15) is 9.59 Å². The first-order valence-electron chi connectivity index (χ1n) is 6.35. The van der Waals surface area contributed by atoms with E-state index in [1.807, 2.05) is 20.8 Å². The van der Waals surface area contributed by atoms with E-state index in [-0.39, 0.29) is 18.4 Å². The summed E-state index contributed by atoms with van der Waals surface area (Å²) >= 11 is 0. The number of amides is 1. The van der Waals surface area contributed by atoms with Gasteiger partial charge in [0, 0.05) is 18.4 Å². The number of carboxylic acid groups (broad SMARTS) is 1. The molecule has 6 nitrogen and oxygen atoms in total. The van der Waals surface area contributed by atoms with Gasteiger partial charge in [-0.05, 0) is 33.6 Å². The maximum absolute atomic E-state index is 11.7. The molecule has 1 amide bonds. The smallest absolute Gasteiger partial charge is 0.303 e. The van der Waals surface area contributed by atoms with Gasteiger partial charge in [0.05, 0.1) is 11.7 Å². The van der Waals surface area contributed by atoms with E-state index in [1.165, 1.54) is 0 Å². The summed E-state index contributed by atoms with van der Waals surface area (Å²) in [5.74, 6) is -0.210. The van der Waals surface area contributed by atoms with Crippen LogP contribution in [0.15, 0.2) is 4.52 Å². The van der Waals surface area contributed by atoms with Crippen LogP contribution in [0.25, 0.3) is 0 Å². The molecule has 1 heterocycles. The molecule has 0 saturated heterocycles. The third kappa shape index (κ3) is 4.73. The first-order valence-corrected chi connectivity index (χ1v) is 6.35. The number of nitrogens with zero attached hydrogens (tertiary/aromatic N) is 1. The average molecular weight is 268 g/mol. The Morgan fingerprint density at radius 2 is 1.95 bits per heavy atom. The lowest BCUT2D eigenvalue weighted by Crippen LogP contribution is -2.27. The minimum absolute atomic E-state index is 0.0853. The highest BCUT2D eigenvalue weighted by Crippen LogP contribution is 2.20. The lowest BCUT2D eigenvalue weighted by Gasteiger charge is -2.13. The topological polar surface area (TPSA) is 92.4 Å². The highest BCUT2D eigenvalue weighted by Gasteiger charge is 2.17. The van der Waals surface area contributed by atoms with Gasteiger partial charge < -0.3 is 14.9 Å². The molecule has 1 rings (SSSR count). The Hall–Kier alpha value is -1.85. The molecule has 0 saturated carbocycles. The molecule has 0 spiro atoms. The van der Waals surface area contributed by atoms with Crippen molar-refractivity contribution in [3.63, 3.8) is 0 Å². The zero-order valence-electron chi connectivity index (χ0n) is 11.5. The number of aromatic nitrogens is 1. The molecule has 0 fully saturated rings. The van der Waals surface area contributed by atoms with Crippen molar-refractivity contribution in [2.75, 3.05) is 0 Å². The molecular weight excluding hydrogens is 248 g/mol. The fourth-order valence-electron chi connectivity index (χ4n) is 2.06. The Bertz CT molecular complexity index is 434. The summed E-state index contributed by atoms with van der Waals surface area (Å²) in [7, 11) is 0. The van der Waals surface area contributed by atoms with Crippen LogP contribution >= 0.6 is 0 Å². The Labute approximate surface area is 112 Å². The lowest BCUT2D eigenvalue weighted by molar-refractivity contribution is -0.137. The second-order valence-corrected chi connectivity index (χ2v) is 4.63. The predicted molar refractivity (Wildman–Crippen MR) is 68.6 cm³/mol. The van der Waals surface area contributed by atoms with Gasteiger partial charge in [-0.2, -0.15) is 0 Å². The first kappa shape index (κ1) is 15.2. The summed E-state index contributed by atoms with van der Waals surface area (Å²) in [4.78, 5) is 22.0. The molecular formula is C13H20N2O4. The van der Waals surface area contributed by atoms with Crippen LogP contribution in [0.5, 0.6) is 0 Å². The molecule has 106 valence electrons. The van der Waals surface area contributed by atoms with Crippen LogP contribution in [-0.2, 0) is 9.59 Å². The van der Waals surface area contributed by atoms with E-state index in [0.29, 0.717) is 25.0 Å². The van der Waals surface area contributed by atoms with Crippen LogP contribution in [0.4, 0.5) is 0 Å². The molecule has 0 bridgehead atoms. The molecule has 1 aromatic heterocycles. The molecule has 0 aliphatic rings. The number of hydrogen-bond acceptors (Lipinski definition) is 4. The number of carbonyl (C=O) groups excluding carboxylic acids is 1. The van der Waals surface area contributed by atoms with Crippen molar-refractivity contribution in [2.24, 2.45) is 0 Å². The summed E-state index contributed by atoms with van der Waals surface area (Å²) in [5.41, 5.74) is 1.68. The van der Waals surface area contributed by atoms with E-state index in [0.717, 1.165) is 11.3 Å². The largest absolute Gasteiger partial charge is 0.481 e. The lowest BCUT2D eigenvalue weighted by atomic mass is 10.1. The van der Waals surface area contributed by atoms with Crippen molar-refractivity contribution in [2.45, 2.75) is 52.5 Å². The fourth-order valence-corrected chi connectivity index (χ4v) is 2.06. The maximum Gasteiger partial charge on any atom is 0.303 e. The third-order valence-corrected chi connectivity index (χ3v) is 2.94. The molecule has 0 aliphatic heterocycles. The summed E-state index contributed by atoms with van der Waals surface area (Å²) in [6.45, 7) is 5.52. The van der Waals surface area contributed by atoms with Gasteiger partial charge in [0.1, 0.15) is 5.76 Å². The zero-order chi connectivity index (χ0) is 14.4. The van der Waals surface area contributed by atoms with Crippen LogP contribution in [0.2, 0.25) is 0 Å². The van der Waals surface area contributed by atoms with Crippen LogP contribution in [0, 0.1) is 13.8 Å². The van der Waals surface area contributed by atoms with E-state index in [1.54, 1.807) is 0 Å². The second kappa shape index (κ2) is 6.92. The minimum atomic E-state index is -0.829. The highest BCUT2D eigenvalue weighted by molar-refractivity contribution is 5.76. The molecule has 19 heavy (non-hydrogen) atoms. The van der Waals surface area contributed by atoms with Crippen molar-refractivity contribution in [3.05, 3.63) is 17.0 Å². The molecule has 0 aliphatic carbocycles. The number of aryl methyl sites for hydroxylation is 2. The molecule has 1 atom stereocenters. The van der Waals surface area contributed by atoms with Crippen LogP contribution in [-0.4, -0.2) is 22.1 Å². The van der Waals surface area contributed by atoms with E-state index < -0.39 is 5.97 Å². The Kier molecular flexibility index (Phi) is 5.54. The minimum Gasteiger partial charge on any atom is -0.481 e. The summed E-state index contributed by atoms with van der Waals surface area (Å²) in [6.07, 6.45) is 1.53. The molecule has 1 unspecified atom stereocenters. The Morgan fingerprint density at radius 3 is 2.47 bits per heavy atom. The standard InChI is InChI=1S/C13H20N2O4/c1-8(13-9(2)15-19-10(13)3)14-11(16)6-4-5-7-12(17)18/h8H,4-7H2,1-3H3,(H,14,16)(H,17,18). The number of unbranched alkanes of at least 4 members (excludes halogenated alkanes) is 1. The van der Waals surface area contributed by atoms with Gasteiger partial charge in [-0.25, -0.2) is 0 Å². The van der Waals surface area contributed by atoms with Crippen molar-refractivity contribution in [1.29, 1.82) is 0 Å². The molecule has 2 N–H and O–H groups in total. The SMILES string of the molecule is Cc1noc(C)c1C(C)NC(=O)CCCCC(=O)O. The first-order chi connectivity index (χ1) is 8.91. The summed E-state index contributed by atoms with van der Waals surface area (Å²) in [6, 6.07) is -0.154. The monoisotopic (exact) mass is 268 g/mol. The number of rotatable bonds is 7. The molecule has 0 aromatic carbocycles. The van der Waals surface area contributed by atoms with Gasteiger partial charge in [0.15, 0.2) is 0 Å². The summed E-state index contributed by atoms with van der Waals surface area (Å²) in [5, 5.41) is 15.2. The zero-order valence-corrected chi connectivity index (χ0v) is 11.5. The fraction of sp³-hybridized carbons (Fsp3) is 0.615. The van der Waals surface area contributed by atoms with Crippen LogP contribution < -0.4 is 5.32 Å². The predicted octanol–water partition coefficient (Wildman–Crippen LogP) is 2.11. The number of aliphatic carboxylic acids is 1. The van der Waals surface area contributed by atoms with E-state index in [2.05, 4.69) is 10.5 Å². The van der Waals surface area contributed by atoms with Gasteiger partial charge in [0.25, 0.3) is 0 Å². The van der Waals surface area contributed by atoms with Gasteiger partial charge in [-0.15, -0.1) is 0 Å². The third-order valence-electron chi connectivity index (χ3n) is 2.94. The van der Waals surface area contributed by atoms with E-state index >= 15 is 0 Å². The van der Waals surface area contributed by atoms with Crippen molar-refractivity contribution >= 4 is 11.9 Å². The molecule has 6 heteroatoms. The maximum atomic E-state index is 11.7. The molecule has 0 radical (unpaired) electrons. The Morgan fingerprint density at radius 1 is 1.32 bits per heavy atom. The van der Waals surface area contributed by atoms with Crippen LogP contribution in [0.3, 0.4) is 0 Å². The van der Waals surface area contributed by atoms with E-state index in [4.69, 9.17) is 9.63 Å². The van der Waals surface area contributed by atoms with Crippen molar-refractivity contribution in [3.8, 4) is 0 Å². The quantitative estimate of drug-likeness (QED) is 0.739. The molecule has 1 aromatic rings.